The minimum Gasteiger partial charge on any atom is -0.508 e. The van der Waals surface area contributed by atoms with E-state index in [0.717, 1.165) is 11.1 Å². The Morgan fingerprint density at radius 3 is 2.52 bits per heavy atom. The molecule has 1 atom stereocenters. The molecule has 0 aliphatic rings. The first-order valence-electron chi connectivity index (χ1n) is 7.30. The highest BCUT2D eigenvalue weighted by atomic mass is 16.3. The van der Waals surface area contributed by atoms with Crippen LogP contribution in [0.1, 0.15) is 17.5 Å². The molecule has 0 spiro atoms. The number of aryl methyl sites for hydroxylation is 1. The van der Waals surface area contributed by atoms with E-state index in [4.69, 9.17) is 5.73 Å². The molecule has 0 bridgehead atoms. The third-order valence-electron chi connectivity index (χ3n) is 3.42. The van der Waals surface area contributed by atoms with E-state index in [1.165, 1.54) is 0 Å². The lowest BCUT2D eigenvalue weighted by molar-refractivity contribution is -0.127. The van der Waals surface area contributed by atoms with E-state index >= 15 is 0 Å². The van der Waals surface area contributed by atoms with Crippen LogP contribution in [0.3, 0.4) is 0 Å². The Morgan fingerprint density at radius 2 is 1.91 bits per heavy atom. The third-order valence-corrected chi connectivity index (χ3v) is 3.42. The van der Waals surface area contributed by atoms with Crippen molar-refractivity contribution in [2.45, 2.75) is 25.3 Å². The Bertz CT molecular complexity index is 657. The monoisotopic (exact) mass is 313 g/mol. The number of nitrogens with one attached hydrogen (secondary N) is 1. The van der Waals surface area contributed by atoms with Gasteiger partial charge in [0.05, 0.1) is 0 Å². The van der Waals surface area contributed by atoms with Gasteiger partial charge in [0.1, 0.15) is 11.8 Å². The topological polar surface area (TPSA) is 105 Å². The molecule has 0 aliphatic carbocycles. The fraction of sp³-hybridized carbons (Fsp3) is 0.235. The summed E-state index contributed by atoms with van der Waals surface area (Å²) in [5.74, 6) is -0.638. The second kappa shape index (κ2) is 7.93. The lowest BCUT2D eigenvalue weighted by Gasteiger charge is -2.15. The molecule has 1 unspecified atom stereocenters. The van der Waals surface area contributed by atoms with Crippen molar-refractivity contribution in [3.8, 4) is 5.75 Å². The van der Waals surface area contributed by atoms with Gasteiger partial charge in [-0.1, -0.05) is 18.2 Å². The highest BCUT2D eigenvalue weighted by molar-refractivity contribution is 5.86. The minimum absolute atomic E-state index is 0.184. The van der Waals surface area contributed by atoms with Crippen molar-refractivity contribution < 1.29 is 14.7 Å². The number of phenols is 1. The molecule has 0 radical (unpaired) electrons. The Labute approximate surface area is 134 Å². The van der Waals surface area contributed by atoms with Gasteiger partial charge < -0.3 is 16.2 Å². The van der Waals surface area contributed by atoms with Gasteiger partial charge in [-0.25, -0.2) is 0 Å². The number of hydrogen-bond acceptors (Lipinski definition) is 4. The Morgan fingerprint density at radius 1 is 1.17 bits per heavy atom. The fourth-order valence-corrected chi connectivity index (χ4v) is 2.16. The van der Waals surface area contributed by atoms with Crippen molar-refractivity contribution in [2.24, 2.45) is 5.73 Å². The van der Waals surface area contributed by atoms with Crippen LogP contribution in [0.15, 0.2) is 48.8 Å². The van der Waals surface area contributed by atoms with Crippen LogP contribution < -0.4 is 11.1 Å². The van der Waals surface area contributed by atoms with Crippen LogP contribution in [0, 0.1) is 0 Å². The van der Waals surface area contributed by atoms with Crippen molar-refractivity contribution in [3.05, 3.63) is 59.9 Å². The van der Waals surface area contributed by atoms with Crippen molar-refractivity contribution in [1.29, 1.82) is 0 Å². The Hall–Kier alpha value is -2.89. The van der Waals surface area contributed by atoms with Gasteiger partial charge >= 0.3 is 0 Å². The summed E-state index contributed by atoms with van der Waals surface area (Å²) in [5, 5.41) is 11.9. The average molecular weight is 313 g/mol. The zero-order chi connectivity index (χ0) is 16.7. The SMILES string of the molecule is NC(=O)C(Cc1cccnc1)NC(=O)CCc1ccc(O)cc1. The first kappa shape index (κ1) is 16.5. The van der Waals surface area contributed by atoms with Crippen LogP contribution in [0.2, 0.25) is 0 Å². The number of aromatic nitrogens is 1. The summed E-state index contributed by atoms with van der Waals surface area (Å²) < 4.78 is 0. The number of rotatable bonds is 7. The van der Waals surface area contributed by atoms with Crippen molar-refractivity contribution in [2.75, 3.05) is 0 Å². The molecule has 6 nitrogen and oxygen atoms in total. The normalized spacial score (nSPS) is 11.7. The number of nitrogens with two attached hydrogens (primary N) is 1. The van der Waals surface area contributed by atoms with Gasteiger partial charge in [0.2, 0.25) is 11.8 Å². The van der Waals surface area contributed by atoms with E-state index in [0.29, 0.717) is 12.8 Å². The second-order valence-corrected chi connectivity index (χ2v) is 5.25. The molecule has 2 aromatic rings. The maximum absolute atomic E-state index is 12.0. The van der Waals surface area contributed by atoms with Crippen LogP contribution in [-0.4, -0.2) is 27.9 Å². The second-order valence-electron chi connectivity index (χ2n) is 5.25. The van der Waals surface area contributed by atoms with Crippen LogP contribution in [0.5, 0.6) is 5.75 Å². The first-order chi connectivity index (χ1) is 11.0. The number of phenolic OH excluding ortho intramolecular Hbond substituents is 1. The van der Waals surface area contributed by atoms with Crippen LogP contribution in [-0.2, 0) is 22.4 Å². The number of benzene rings is 1. The van der Waals surface area contributed by atoms with Gasteiger partial charge in [-0.2, -0.15) is 0 Å². The number of pyridine rings is 1. The van der Waals surface area contributed by atoms with Crippen LogP contribution in [0.4, 0.5) is 0 Å². The molecule has 2 rings (SSSR count). The number of hydrogen-bond donors (Lipinski definition) is 3. The lowest BCUT2D eigenvalue weighted by Crippen LogP contribution is -2.45. The summed E-state index contributed by atoms with van der Waals surface area (Å²) >= 11 is 0. The van der Waals surface area contributed by atoms with Crippen LogP contribution >= 0.6 is 0 Å². The quantitative estimate of drug-likeness (QED) is 0.707. The summed E-state index contributed by atoms with van der Waals surface area (Å²) in [4.78, 5) is 27.5. The summed E-state index contributed by atoms with van der Waals surface area (Å²) in [7, 11) is 0. The molecule has 0 saturated carbocycles. The third kappa shape index (κ3) is 5.43. The van der Waals surface area contributed by atoms with Gasteiger partial charge in [0.25, 0.3) is 0 Å². The molecule has 23 heavy (non-hydrogen) atoms. The number of aromatic hydroxyl groups is 1. The first-order valence-corrected chi connectivity index (χ1v) is 7.30. The number of amides is 2. The summed E-state index contributed by atoms with van der Waals surface area (Å²) in [5.41, 5.74) is 7.12. The van der Waals surface area contributed by atoms with E-state index in [-0.39, 0.29) is 18.1 Å². The molecule has 1 aromatic heterocycles. The van der Waals surface area contributed by atoms with Crippen molar-refractivity contribution in [1.82, 2.24) is 10.3 Å². The lowest BCUT2D eigenvalue weighted by atomic mass is 10.1. The van der Waals surface area contributed by atoms with Gasteiger partial charge in [0.15, 0.2) is 0 Å². The molecule has 2 amide bonds. The predicted octanol–water partition coefficient (Wildman–Crippen LogP) is 0.933. The van der Waals surface area contributed by atoms with Crippen molar-refractivity contribution in [3.63, 3.8) is 0 Å². The fourth-order valence-electron chi connectivity index (χ4n) is 2.16. The van der Waals surface area contributed by atoms with E-state index in [1.54, 1.807) is 42.7 Å². The summed E-state index contributed by atoms with van der Waals surface area (Å²) in [6.07, 6.45) is 4.34. The molecule has 6 heteroatoms. The van der Waals surface area contributed by atoms with Gasteiger partial charge in [-0.3, -0.25) is 14.6 Å². The largest absolute Gasteiger partial charge is 0.508 e. The van der Waals surface area contributed by atoms with Gasteiger partial charge in [0, 0.05) is 25.2 Å². The molecule has 1 heterocycles. The molecule has 0 aliphatic heterocycles. The predicted molar refractivity (Wildman–Crippen MR) is 85.5 cm³/mol. The zero-order valence-corrected chi connectivity index (χ0v) is 12.6. The Balaban J connectivity index is 1.88. The van der Waals surface area contributed by atoms with Gasteiger partial charge in [-0.15, -0.1) is 0 Å². The molecule has 1 aromatic carbocycles. The summed E-state index contributed by atoms with van der Waals surface area (Å²) in [6.45, 7) is 0. The highest BCUT2D eigenvalue weighted by Gasteiger charge is 2.18. The smallest absolute Gasteiger partial charge is 0.240 e. The molecule has 0 fully saturated rings. The molecule has 4 N–H and O–H groups in total. The average Bonchev–Trinajstić information content (AvgIpc) is 2.54. The maximum atomic E-state index is 12.0. The van der Waals surface area contributed by atoms with E-state index in [2.05, 4.69) is 10.3 Å². The van der Waals surface area contributed by atoms with Crippen molar-refractivity contribution >= 4 is 11.8 Å². The summed E-state index contributed by atoms with van der Waals surface area (Å²) in [6, 6.07) is 9.48. The standard InChI is InChI=1S/C17H19N3O3/c18-17(23)15(10-13-2-1-9-19-11-13)20-16(22)8-5-12-3-6-14(21)7-4-12/h1-4,6-7,9,11,15,21H,5,8,10H2,(H2,18,23)(H,20,22). The molecular weight excluding hydrogens is 294 g/mol. The van der Waals surface area contributed by atoms with Crippen LogP contribution in [0.25, 0.3) is 0 Å². The number of primary amides is 1. The van der Waals surface area contributed by atoms with E-state index < -0.39 is 11.9 Å². The van der Waals surface area contributed by atoms with Gasteiger partial charge in [-0.05, 0) is 35.7 Å². The Kier molecular flexibility index (Phi) is 5.68. The number of carbonyl (C=O) groups excluding carboxylic acids is 2. The maximum Gasteiger partial charge on any atom is 0.240 e. The van der Waals surface area contributed by atoms with E-state index in [9.17, 15) is 14.7 Å². The number of carbonyl (C=O) groups is 2. The number of nitrogens with zero attached hydrogens (tertiary/aromatic N) is 1. The zero-order valence-electron chi connectivity index (χ0n) is 12.6. The molecule has 120 valence electrons. The molecular formula is C17H19N3O3. The van der Waals surface area contributed by atoms with E-state index in [1.807, 2.05) is 6.07 Å². The minimum atomic E-state index is -0.758. The molecule has 0 saturated heterocycles. The highest BCUT2D eigenvalue weighted by Crippen LogP contribution is 2.11.